The van der Waals surface area contributed by atoms with Gasteiger partial charge in [0.25, 0.3) is 0 Å². The lowest BCUT2D eigenvalue weighted by Gasteiger charge is -2.41. The fraction of sp³-hybridized carbons (Fsp3) is 0.600. The summed E-state index contributed by atoms with van der Waals surface area (Å²) in [6.45, 7) is 5.73. The molecule has 1 aromatic carbocycles. The summed E-state index contributed by atoms with van der Waals surface area (Å²) >= 11 is 0. The number of benzene rings is 1. The average molecular weight is 442 g/mol. The van der Waals surface area contributed by atoms with E-state index in [2.05, 4.69) is 0 Å². The van der Waals surface area contributed by atoms with Crippen molar-refractivity contribution >= 4 is 11.9 Å². The molecule has 3 rings (SSSR count). The maximum absolute atomic E-state index is 11.4. The maximum atomic E-state index is 11.4. The van der Waals surface area contributed by atoms with Crippen molar-refractivity contribution in [3.8, 4) is 17.2 Å². The van der Waals surface area contributed by atoms with Gasteiger partial charge in [-0.25, -0.2) is 0 Å². The number of hydrogen-bond donors (Lipinski definition) is 2. The highest BCUT2D eigenvalue weighted by atomic mass is 16.9. The third-order valence-electron chi connectivity index (χ3n) is 4.57. The van der Waals surface area contributed by atoms with Crippen LogP contribution < -0.4 is 14.2 Å². The molecule has 2 aliphatic heterocycles. The van der Waals surface area contributed by atoms with Crippen LogP contribution in [0, 0.1) is 0 Å². The number of esters is 2. The molecule has 31 heavy (non-hydrogen) atoms. The Bertz CT molecular complexity index is 812. The second-order valence-corrected chi connectivity index (χ2v) is 7.10. The van der Waals surface area contributed by atoms with Gasteiger partial charge in [-0.1, -0.05) is 6.07 Å². The predicted octanol–water partition coefficient (Wildman–Crippen LogP) is 0.488. The third-order valence-corrected chi connectivity index (χ3v) is 4.57. The number of aliphatic hydroxyl groups is 2. The van der Waals surface area contributed by atoms with Crippen LogP contribution >= 0.6 is 0 Å². The molecule has 2 heterocycles. The van der Waals surface area contributed by atoms with Crippen LogP contribution in [0.5, 0.6) is 17.2 Å². The largest absolute Gasteiger partial charge is 0.463 e. The second kappa shape index (κ2) is 9.27. The van der Waals surface area contributed by atoms with Gasteiger partial charge >= 0.3 is 17.9 Å². The van der Waals surface area contributed by atoms with Crippen LogP contribution in [0.4, 0.5) is 0 Å². The molecule has 0 aliphatic carbocycles. The van der Waals surface area contributed by atoms with E-state index in [1.807, 2.05) is 0 Å². The van der Waals surface area contributed by atoms with E-state index in [4.69, 9.17) is 33.2 Å². The topological polar surface area (TPSA) is 139 Å². The quantitative estimate of drug-likeness (QED) is 0.570. The molecule has 1 aromatic rings. The van der Waals surface area contributed by atoms with Gasteiger partial charge < -0.3 is 43.4 Å². The monoisotopic (exact) mass is 442 g/mol. The second-order valence-electron chi connectivity index (χ2n) is 7.10. The van der Waals surface area contributed by atoms with E-state index in [9.17, 15) is 19.8 Å². The molecule has 0 bridgehead atoms. The minimum absolute atomic E-state index is 0.161. The van der Waals surface area contributed by atoms with E-state index in [1.165, 1.54) is 6.92 Å². The molecule has 0 radical (unpaired) electrons. The molecule has 11 nitrogen and oxygen atoms in total. The number of carbonyl (C=O) groups is 2. The molecule has 1 saturated heterocycles. The molecule has 0 spiro atoms. The fourth-order valence-electron chi connectivity index (χ4n) is 3.30. The number of rotatable bonds is 7. The van der Waals surface area contributed by atoms with Gasteiger partial charge in [-0.2, -0.15) is 0 Å². The third kappa shape index (κ3) is 5.18. The molecular weight excluding hydrogens is 416 g/mol. The molecule has 0 aromatic heterocycles. The first-order chi connectivity index (χ1) is 14.6. The molecule has 2 N–H and O–H groups in total. The van der Waals surface area contributed by atoms with E-state index in [-0.39, 0.29) is 18.1 Å². The number of carbonyl (C=O) groups excluding carboxylic acids is 2. The number of aliphatic hydroxyl groups excluding tert-OH is 2. The summed E-state index contributed by atoms with van der Waals surface area (Å²) < 4.78 is 38.3. The molecule has 1 fully saturated rings. The summed E-state index contributed by atoms with van der Waals surface area (Å²) in [5.41, 5.74) is 0. The molecular formula is C20H26O11. The Kier molecular flexibility index (Phi) is 6.90. The molecule has 172 valence electrons. The molecule has 0 saturated carbocycles. The van der Waals surface area contributed by atoms with Crippen LogP contribution in [0.3, 0.4) is 0 Å². The van der Waals surface area contributed by atoms with Gasteiger partial charge in [0, 0.05) is 20.8 Å². The van der Waals surface area contributed by atoms with Gasteiger partial charge in [-0.15, -0.1) is 0 Å². The lowest BCUT2D eigenvalue weighted by atomic mass is 9.99. The smallest absolute Gasteiger partial charge is 0.369 e. The number of ether oxygens (including phenoxy) is 7. The lowest BCUT2D eigenvalue weighted by molar-refractivity contribution is -0.283. The zero-order valence-electron chi connectivity index (χ0n) is 17.6. The normalized spacial score (nSPS) is 31.7. The Balaban J connectivity index is 1.80. The van der Waals surface area contributed by atoms with Gasteiger partial charge in [0.1, 0.15) is 24.9 Å². The van der Waals surface area contributed by atoms with E-state index in [0.29, 0.717) is 12.4 Å². The average Bonchev–Trinajstić information content (AvgIpc) is 3.03. The summed E-state index contributed by atoms with van der Waals surface area (Å²) in [5, 5.41) is 21.0. The summed E-state index contributed by atoms with van der Waals surface area (Å²) in [4.78, 5) is 22.6. The van der Waals surface area contributed by atoms with Crippen molar-refractivity contribution in [1.29, 1.82) is 0 Å². The molecule has 6 atom stereocenters. The summed E-state index contributed by atoms with van der Waals surface area (Å²) in [7, 11) is 0. The van der Waals surface area contributed by atoms with Crippen molar-refractivity contribution in [2.24, 2.45) is 0 Å². The standard InChI is InChI=1S/C20H26O11/c1-5-26-20(4)30-13-8-6-7-12(17(13)31-20)28-19-16(24)15(23)18(27-11(3)22)14(29-19)9-25-10(2)21/h6-8,14-16,18-19,23-24H,5,9H2,1-4H3/t14-,15-,16-,18+,19-,20?/m1/s1. The highest BCUT2D eigenvalue weighted by Gasteiger charge is 2.49. The predicted molar refractivity (Wildman–Crippen MR) is 101 cm³/mol. The van der Waals surface area contributed by atoms with Crippen LogP contribution in [0.2, 0.25) is 0 Å². The molecule has 1 unspecified atom stereocenters. The van der Waals surface area contributed by atoms with Crippen molar-refractivity contribution in [2.45, 2.75) is 64.4 Å². The van der Waals surface area contributed by atoms with Crippen molar-refractivity contribution in [2.75, 3.05) is 13.2 Å². The molecule has 0 amide bonds. The number of hydrogen-bond acceptors (Lipinski definition) is 11. The lowest BCUT2D eigenvalue weighted by Crippen LogP contribution is -2.61. The first-order valence-electron chi connectivity index (χ1n) is 9.77. The maximum Gasteiger partial charge on any atom is 0.369 e. The minimum Gasteiger partial charge on any atom is -0.463 e. The Morgan fingerprint density at radius 3 is 2.52 bits per heavy atom. The van der Waals surface area contributed by atoms with Crippen molar-refractivity contribution in [3.63, 3.8) is 0 Å². The summed E-state index contributed by atoms with van der Waals surface area (Å²) in [6.07, 6.45) is -6.90. The first-order valence-corrected chi connectivity index (χ1v) is 9.77. The van der Waals surface area contributed by atoms with Gasteiger partial charge in [0.05, 0.1) is 6.61 Å². The van der Waals surface area contributed by atoms with Gasteiger partial charge in [-0.05, 0) is 19.1 Å². The first kappa shape index (κ1) is 23.1. The van der Waals surface area contributed by atoms with Gasteiger partial charge in [0.2, 0.25) is 12.0 Å². The number of fused-ring (bicyclic) bond motifs is 1. The Labute approximate surface area is 178 Å². The van der Waals surface area contributed by atoms with E-state index < -0.39 is 48.6 Å². The zero-order chi connectivity index (χ0) is 22.8. The van der Waals surface area contributed by atoms with Crippen molar-refractivity contribution < 1.29 is 53.0 Å². The van der Waals surface area contributed by atoms with Crippen LogP contribution in [0.1, 0.15) is 27.7 Å². The van der Waals surface area contributed by atoms with Crippen LogP contribution in [-0.4, -0.2) is 72.0 Å². The van der Waals surface area contributed by atoms with Crippen molar-refractivity contribution in [1.82, 2.24) is 0 Å². The summed E-state index contributed by atoms with van der Waals surface area (Å²) in [6, 6.07) is 4.85. The van der Waals surface area contributed by atoms with E-state index in [0.717, 1.165) is 6.92 Å². The molecule has 2 aliphatic rings. The molecule has 11 heteroatoms. The van der Waals surface area contributed by atoms with E-state index >= 15 is 0 Å². The van der Waals surface area contributed by atoms with Crippen LogP contribution in [0.25, 0.3) is 0 Å². The number of para-hydroxylation sites is 1. The SMILES string of the molecule is CCOC1(C)Oc2cccc(O[C@@H]3O[C@H](COC(C)=O)[C@H](OC(C)=O)[C@H](O)[C@H]3O)c2O1. The van der Waals surface area contributed by atoms with Gasteiger partial charge in [0.15, 0.2) is 17.6 Å². The van der Waals surface area contributed by atoms with Crippen LogP contribution in [0.15, 0.2) is 18.2 Å². The van der Waals surface area contributed by atoms with Crippen LogP contribution in [-0.2, 0) is 28.5 Å². The van der Waals surface area contributed by atoms with Crippen molar-refractivity contribution in [3.05, 3.63) is 18.2 Å². The summed E-state index contributed by atoms with van der Waals surface area (Å²) in [5.74, 6) is -1.90. The van der Waals surface area contributed by atoms with Gasteiger partial charge in [-0.3, -0.25) is 9.59 Å². The Morgan fingerprint density at radius 2 is 1.87 bits per heavy atom. The fourth-order valence-corrected chi connectivity index (χ4v) is 3.30. The highest BCUT2D eigenvalue weighted by molar-refractivity contribution is 5.66. The highest BCUT2D eigenvalue weighted by Crippen LogP contribution is 2.47. The zero-order valence-corrected chi connectivity index (χ0v) is 17.6. The Morgan fingerprint density at radius 1 is 1.13 bits per heavy atom. The Hall–Kier alpha value is -2.60. The minimum atomic E-state index is -1.59. The van der Waals surface area contributed by atoms with E-state index in [1.54, 1.807) is 32.0 Å².